The summed E-state index contributed by atoms with van der Waals surface area (Å²) in [6, 6.07) is 9.39. The lowest BCUT2D eigenvalue weighted by Crippen LogP contribution is -2.37. The fraction of sp³-hybridized carbons (Fsp3) is 0.333. The van der Waals surface area contributed by atoms with Crippen molar-refractivity contribution in [3.05, 3.63) is 30.3 Å². The van der Waals surface area contributed by atoms with Crippen molar-refractivity contribution in [3.8, 4) is 0 Å². The van der Waals surface area contributed by atoms with Crippen LogP contribution in [0.3, 0.4) is 0 Å². The molecule has 0 radical (unpaired) electrons. The lowest BCUT2D eigenvalue weighted by atomic mass is 10.1. The van der Waals surface area contributed by atoms with Gasteiger partial charge in [0.1, 0.15) is 0 Å². The molecule has 17 heavy (non-hydrogen) atoms. The van der Waals surface area contributed by atoms with E-state index in [0.29, 0.717) is 0 Å². The van der Waals surface area contributed by atoms with Crippen LogP contribution in [-0.2, 0) is 9.53 Å². The van der Waals surface area contributed by atoms with Gasteiger partial charge in [0, 0.05) is 0 Å². The van der Waals surface area contributed by atoms with Crippen LogP contribution in [0.15, 0.2) is 30.3 Å². The number of carbonyl (C=O) groups excluding carboxylic acids is 1. The normalized spacial score (nSPS) is 19.7. The van der Waals surface area contributed by atoms with E-state index < -0.39 is 6.10 Å². The van der Waals surface area contributed by atoms with Gasteiger partial charge in [-0.15, -0.1) is 0 Å². The Morgan fingerprint density at radius 3 is 2.53 bits per heavy atom. The Morgan fingerprint density at radius 1 is 1.35 bits per heavy atom. The monoisotopic (exact) mass is 250 g/mol. The molecule has 0 aromatic heterocycles. The fourth-order valence-corrected chi connectivity index (χ4v) is 1.83. The molecule has 1 heterocycles. The average Bonchev–Trinajstić information content (AvgIpc) is 2.58. The van der Waals surface area contributed by atoms with Crippen molar-refractivity contribution in [3.63, 3.8) is 0 Å². The van der Waals surface area contributed by atoms with E-state index in [-0.39, 0.29) is 17.0 Å². The molecule has 1 atom stereocenters. The van der Waals surface area contributed by atoms with Gasteiger partial charge in [-0.1, -0.05) is 32.0 Å². The number of rotatable bonds is 3. The summed E-state index contributed by atoms with van der Waals surface area (Å²) in [5.74, 6) is -0.0446. The number of amides is 1. The Morgan fingerprint density at radius 2 is 2.00 bits per heavy atom. The van der Waals surface area contributed by atoms with E-state index in [4.69, 9.17) is 17.0 Å². The fourth-order valence-electron chi connectivity index (χ4n) is 1.59. The maximum Gasteiger partial charge on any atom is 0.290 e. The van der Waals surface area contributed by atoms with Gasteiger partial charge < -0.3 is 4.74 Å². The summed E-state index contributed by atoms with van der Waals surface area (Å²) in [7, 11) is 0. The molecule has 1 saturated heterocycles. The summed E-state index contributed by atoms with van der Waals surface area (Å²) < 4.78 is 5.37. The molecule has 5 heteroatoms. The predicted molar refractivity (Wildman–Crippen MR) is 69.2 cm³/mol. The molecule has 2 rings (SSSR count). The smallest absolute Gasteiger partial charge is 0.290 e. The van der Waals surface area contributed by atoms with Gasteiger partial charge in [0.2, 0.25) is 0 Å². The number of nitrogens with zero attached hydrogens (tertiary/aromatic N) is 1. The number of ether oxygens (including phenoxy) is 1. The minimum atomic E-state index is -0.487. The Labute approximate surface area is 106 Å². The minimum absolute atomic E-state index is 0.100. The second kappa shape index (κ2) is 4.71. The standard InChI is InChI=1S/C12H14N2O2S/c1-8(2)10-11(15)14(12(17)16-10)13-9-6-4-3-5-7-9/h3-8,10,13H,1-2H3. The summed E-state index contributed by atoms with van der Waals surface area (Å²) in [6.07, 6.45) is -0.487. The van der Waals surface area contributed by atoms with Crippen molar-refractivity contribution < 1.29 is 9.53 Å². The molecule has 1 aromatic rings. The van der Waals surface area contributed by atoms with Crippen LogP contribution in [0.25, 0.3) is 0 Å². The van der Waals surface area contributed by atoms with E-state index in [2.05, 4.69) is 5.43 Å². The number of nitrogens with one attached hydrogen (secondary N) is 1. The Balaban J connectivity index is 2.12. The summed E-state index contributed by atoms with van der Waals surface area (Å²) in [4.78, 5) is 12.0. The van der Waals surface area contributed by atoms with E-state index in [1.54, 1.807) is 0 Å². The van der Waals surface area contributed by atoms with Crippen molar-refractivity contribution in [1.29, 1.82) is 0 Å². The quantitative estimate of drug-likeness (QED) is 0.835. The van der Waals surface area contributed by atoms with Gasteiger partial charge in [0.25, 0.3) is 11.1 Å². The summed E-state index contributed by atoms with van der Waals surface area (Å²) >= 11 is 5.03. The van der Waals surface area contributed by atoms with Crippen molar-refractivity contribution in [2.45, 2.75) is 20.0 Å². The molecule has 1 aliphatic rings. The zero-order valence-corrected chi connectivity index (χ0v) is 10.5. The summed E-state index contributed by atoms with van der Waals surface area (Å²) in [5.41, 5.74) is 3.74. The molecule has 1 N–H and O–H groups in total. The molecule has 0 bridgehead atoms. The Kier molecular flexibility index (Phi) is 3.28. The molecule has 0 spiro atoms. The highest BCUT2D eigenvalue weighted by molar-refractivity contribution is 7.80. The number of thiocarbonyl (C=S) groups is 1. The number of carbonyl (C=O) groups is 1. The SMILES string of the molecule is CC(C)C1OC(=S)N(Nc2ccccc2)C1=O. The highest BCUT2D eigenvalue weighted by Gasteiger charge is 2.40. The van der Waals surface area contributed by atoms with E-state index in [1.807, 2.05) is 44.2 Å². The first-order valence-electron chi connectivity index (χ1n) is 5.46. The van der Waals surface area contributed by atoms with E-state index in [1.165, 1.54) is 5.01 Å². The van der Waals surface area contributed by atoms with Crippen molar-refractivity contribution in [1.82, 2.24) is 5.01 Å². The first kappa shape index (κ1) is 11.9. The Bertz CT molecular complexity index is 433. The third-order valence-electron chi connectivity index (χ3n) is 2.49. The van der Waals surface area contributed by atoms with Crippen LogP contribution in [0, 0.1) is 5.92 Å². The van der Waals surface area contributed by atoms with Crippen molar-refractivity contribution in [2.24, 2.45) is 5.92 Å². The number of para-hydroxylation sites is 1. The van der Waals surface area contributed by atoms with Crippen LogP contribution in [0.2, 0.25) is 0 Å². The molecule has 1 aliphatic heterocycles. The van der Waals surface area contributed by atoms with Crippen LogP contribution in [0.4, 0.5) is 5.69 Å². The van der Waals surface area contributed by atoms with Crippen molar-refractivity contribution in [2.75, 3.05) is 5.43 Å². The topological polar surface area (TPSA) is 41.6 Å². The first-order chi connectivity index (χ1) is 8.09. The highest BCUT2D eigenvalue weighted by atomic mass is 32.1. The van der Waals surface area contributed by atoms with Gasteiger partial charge in [-0.25, -0.2) is 0 Å². The number of anilines is 1. The molecular formula is C12H14N2O2S. The van der Waals surface area contributed by atoms with Gasteiger partial charge in [-0.2, -0.15) is 5.01 Å². The van der Waals surface area contributed by atoms with Gasteiger partial charge in [0.05, 0.1) is 5.69 Å². The van der Waals surface area contributed by atoms with Crippen LogP contribution < -0.4 is 5.43 Å². The number of benzene rings is 1. The van der Waals surface area contributed by atoms with Crippen LogP contribution in [0.1, 0.15) is 13.8 Å². The highest BCUT2D eigenvalue weighted by Crippen LogP contribution is 2.20. The second-order valence-corrected chi connectivity index (χ2v) is 4.55. The molecule has 1 unspecified atom stereocenters. The largest absolute Gasteiger partial charge is 0.456 e. The molecule has 4 nitrogen and oxygen atoms in total. The first-order valence-corrected chi connectivity index (χ1v) is 5.86. The third-order valence-corrected chi connectivity index (χ3v) is 2.77. The molecule has 90 valence electrons. The van der Waals surface area contributed by atoms with Crippen LogP contribution in [-0.4, -0.2) is 22.2 Å². The third kappa shape index (κ3) is 2.39. The van der Waals surface area contributed by atoms with Gasteiger partial charge in [-0.3, -0.25) is 10.2 Å². The predicted octanol–water partition coefficient (Wildman–Crippen LogP) is 2.18. The van der Waals surface area contributed by atoms with E-state index >= 15 is 0 Å². The number of hydrogen-bond donors (Lipinski definition) is 1. The molecule has 1 amide bonds. The van der Waals surface area contributed by atoms with Crippen LogP contribution in [0.5, 0.6) is 0 Å². The van der Waals surface area contributed by atoms with Crippen molar-refractivity contribution >= 4 is 29.0 Å². The summed E-state index contributed by atoms with van der Waals surface area (Å²) in [5, 5.41) is 1.47. The van der Waals surface area contributed by atoms with Gasteiger partial charge in [-0.05, 0) is 30.3 Å². The minimum Gasteiger partial charge on any atom is -0.456 e. The van der Waals surface area contributed by atoms with E-state index in [0.717, 1.165) is 5.69 Å². The second-order valence-electron chi connectivity index (χ2n) is 4.20. The maximum absolute atomic E-state index is 12.0. The molecule has 1 fully saturated rings. The average molecular weight is 250 g/mol. The number of hydrazine groups is 1. The lowest BCUT2D eigenvalue weighted by molar-refractivity contribution is -0.130. The van der Waals surface area contributed by atoms with Gasteiger partial charge in [0.15, 0.2) is 6.10 Å². The molecule has 1 aromatic carbocycles. The zero-order valence-electron chi connectivity index (χ0n) is 9.71. The van der Waals surface area contributed by atoms with Crippen LogP contribution >= 0.6 is 12.2 Å². The zero-order chi connectivity index (χ0) is 12.4. The summed E-state index contributed by atoms with van der Waals surface area (Å²) in [6.45, 7) is 3.86. The van der Waals surface area contributed by atoms with E-state index in [9.17, 15) is 4.79 Å². The molecule has 0 aliphatic carbocycles. The maximum atomic E-state index is 12.0. The molecule has 0 saturated carbocycles. The van der Waals surface area contributed by atoms with Gasteiger partial charge >= 0.3 is 0 Å². The lowest BCUT2D eigenvalue weighted by Gasteiger charge is -2.15. The Hall–Kier alpha value is -1.62. The molecular weight excluding hydrogens is 236 g/mol. The number of hydrogen-bond acceptors (Lipinski definition) is 4.